The van der Waals surface area contributed by atoms with Gasteiger partial charge < -0.3 is 0 Å². The number of nitrogens with zero attached hydrogens (tertiary/aromatic N) is 3. The summed E-state index contributed by atoms with van der Waals surface area (Å²) < 4.78 is 1.73. The first-order valence-electron chi connectivity index (χ1n) is 3.94. The molecule has 0 N–H and O–H groups in total. The van der Waals surface area contributed by atoms with E-state index in [9.17, 15) is 0 Å². The monoisotopic (exact) mass is 187 g/mol. The highest BCUT2D eigenvalue weighted by atomic mass is 35.5. The Morgan fingerprint density at radius 3 is 2.33 bits per heavy atom. The Balaban J connectivity index is 2.88. The normalized spacial score (nSPS) is 12.1. The van der Waals surface area contributed by atoms with Gasteiger partial charge in [0.2, 0.25) is 0 Å². The minimum Gasteiger partial charge on any atom is -0.251 e. The summed E-state index contributed by atoms with van der Waals surface area (Å²) in [4.78, 5) is 0. The lowest BCUT2D eigenvalue weighted by atomic mass is 9.91. The van der Waals surface area contributed by atoms with Crippen LogP contribution in [0.4, 0.5) is 0 Å². The Morgan fingerprint density at radius 1 is 1.42 bits per heavy atom. The molecule has 0 saturated heterocycles. The molecule has 68 valence electrons. The quantitative estimate of drug-likeness (QED) is 0.674. The molecule has 0 bridgehead atoms. The molecule has 0 aromatic carbocycles. The SMILES string of the molecule is Cn1nnc(Cl)c1CC(C)(C)C. The van der Waals surface area contributed by atoms with Crippen molar-refractivity contribution in [3.05, 3.63) is 10.8 Å². The van der Waals surface area contributed by atoms with E-state index >= 15 is 0 Å². The summed E-state index contributed by atoms with van der Waals surface area (Å²) in [5, 5.41) is 8.13. The largest absolute Gasteiger partial charge is 0.251 e. The molecule has 0 atom stereocenters. The van der Waals surface area contributed by atoms with Crippen LogP contribution in [0, 0.1) is 5.41 Å². The summed E-state index contributed by atoms with van der Waals surface area (Å²) in [5.41, 5.74) is 1.23. The van der Waals surface area contributed by atoms with E-state index in [-0.39, 0.29) is 5.41 Å². The summed E-state index contributed by atoms with van der Waals surface area (Å²) in [5.74, 6) is 0. The van der Waals surface area contributed by atoms with E-state index in [1.165, 1.54) is 0 Å². The van der Waals surface area contributed by atoms with Crippen LogP contribution in [-0.2, 0) is 13.5 Å². The number of aryl methyl sites for hydroxylation is 1. The maximum absolute atomic E-state index is 5.86. The van der Waals surface area contributed by atoms with Gasteiger partial charge in [-0.3, -0.25) is 4.68 Å². The van der Waals surface area contributed by atoms with E-state index < -0.39 is 0 Å². The van der Waals surface area contributed by atoms with Gasteiger partial charge in [0.1, 0.15) is 0 Å². The minimum absolute atomic E-state index is 0.221. The van der Waals surface area contributed by atoms with Crippen molar-refractivity contribution in [2.75, 3.05) is 0 Å². The zero-order chi connectivity index (χ0) is 9.35. The molecule has 3 nitrogen and oxygen atoms in total. The highest BCUT2D eigenvalue weighted by molar-refractivity contribution is 6.29. The topological polar surface area (TPSA) is 30.7 Å². The molecule has 4 heteroatoms. The van der Waals surface area contributed by atoms with Gasteiger partial charge in [0.15, 0.2) is 5.15 Å². The molecule has 0 aliphatic rings. The average Bonchev–Trinajstić information content (AvgIpc) is 2.16. The van der Waals surface area contributed by atoms with Gasteiger partial charge in [-0.25, -0.2) is 0 Å². The predicted molar refractivity (Wildman–Crippen MR) is 49.2 cm³/mol. The van der Waals surface area contributed by atoms with Gasteiger partial charge in [-0.15, -0.1) is 5.10 Å². The maximum atomic E-state index is 5.86. The standard InChI is InChI=1S/C8H14ClN3/c1-8(2,3)5-6-7(9)10-11-12(6)4/h5H2,1-4H3. The van der Waals surface area contributed by atoms with Gasteiger partial charge in [0.05, 0.1) is 5.69 Å². The lowest BCUT2D eigenvalue weighted by Crippen LogP contribution is -2.12. The smallest absolute Gasteiger partial charge is 0.174 e. The van der Waals surface area contributed by atoms with Crippen molar-refractivity contribution < 1.29 is 0 Å². The first-order chi connectivity index (χ1) is 5.40. The minimum atomic E-state index is 0.221. The van der Waals surface area contributed by atoms with Crippen molar-refractivity contribution in [1.29, 1.82) is 0 Å². The van der Waals surface area contributed by atoms with E-state index in [0.717, 1.165) is 12.1 Å². The molecular weight excluding hydrogens is 174 g/mol. The number of rotatable bonds is 1. The van der Waals surface area contributed by atoms with Crippen LogP contribution in [0.1, 0.15) is 26.5 Å². The zero-order valence-electron chi connectivity index (χ0n) is 7.93. The molecule has 0 amide bonds. The molecule has 1 aromatic rings. The molecule has 0 fully saturated rings. The van der Waals surface area contributed by atoms with Crippen LogP contribution in [0.3, 0.4) is 0 Å². The summed E-state index contributed by atoms with van der Waals surface area (Å²) >= 11 is 5.86. The van der Waals surface area contributed by atoms with E-state index in [0.29, 0.717) is 5.15 Å². The molecule has 0 radical (unpaired) electrons. The van der Waals surface area contributed by atoms with Crippen molar-refractivity contribution in [2.45, 2.75) is 27.2 Å². The van der Waals surface area contributed by atoms with Crippen LogP contribution in [-0.4, -0.2) is 15.0 Å². The second-order valence-electron chi connectivity index (χ2n) is 4.19. The second kappa shape index (κ2) is 3.05. The Kier molecular flexibility index (Phi) is 2.42. The van der Waals surface area contributed by atoms with Crippen LogP contribution in [0.25, 0.3) is 0 Å². The third kappa shape index (κ3) is 2.21. The van der Waals surface area contributed by atoms with Gasteiger partial charge in [-0.2, -0.15) is 0 Å². The third-order valence-corrected chi connectivity index (χ3v) is 1.89. The molecule has 0 spiro atoms. The molecule has 12 heavy (non-hydrogen) atoms. The van der Waals surface area contributed by atoms with Gasteiger partial charge in [0.25, 0.3) is 0 Å². The van der Waals surface area contributed by atoms with Crippen LogP contribution >= 0.6 is 11.6 Å². The Labute approximate surface area is 77.7 Å². The first kappa shape index (κ1) is 9.52. The lowest BCUT2D eigenvalue weighted by molar-refractivity contribution is 0.398. The molecular formula is C8H14ClN3. The first-order valence-corrected chi connectivity index (χ1v) is 4.32. The van der Waals surface area contributed by atoms with Crippen molar-refractivity contribution >= 4 is 11.6 Å². The van der Waals surface area contributed by atoms with E-state index in [1.54, 1.807) is 4.68 Å². The Morgan fingerprint density at radius 2 is 2.00 bits per heavy atom. The van der Waals surface area contributed by atoms with E-state index in [4.69, 9.17) is 11.6 Å². The van der Waals surface area contributed by atoms with Gasteiger partial charge >= 0.3 is 0 Å². The van der Waals surface area contributed by atoms with E-state index in [2.05, 4.69) is 31.1 Å². The van der Waals surface area contributed by atoms with Crippen LogP contribution < -0.4 is 0 Å². The number of aromatic nitrogens is 3. The Bertz CT molecular complexity index is 253. The van der Waals surface area contributed by atoms with Crippen LogP contribution in [0.15, 0.2) is 0 Å². The number of halogens is 1. The molecule has 0 aliphatic carbocycles. The fourth-order valence-electron chi connectivity index (χ4n) is 1.04. The summed E-state index contributed by atoms with van der Waals surface area (Å²) in [6.45, 7) is 6.49. The maximum Gasteiger partial charge on any atom is 0.174 e. The zero-order valence-corrected chi connectivity index (χ0v) is 8.68. The number of hydrogen-bond acceptors (Lipinski definition) is 2. The molecule has 0 aliphatic heterocycles. The van der Waals surface area contributed by atoms with Crippen LogP contribution in [0.2, 0.25) is 5.15 Å². The fourth-order valence-corrected chi connectivity index (χ4v) is 1.26. The number of hydrogen-bond donors (Lipinski definition) is 0. The highest BCUT2D eigenvalue weighted by Gasteiger charge is 2.17. The lowest BCUT2D eigenvalue weighted by Gasteiger charge is -2.17. The molecule has 0 unspecified atom stereocenters. The summed E-state index contributed by atoms with van der Waals surface area (Å²) in [6.07, 6.45) is 0.898. The second-order valence-corrected chi connectivity index (χ2v) is 4.55. The van der Waals surface area contributed by atoms with Gasteiger partial charge in [0, 0.05) is 7.05 Å². The van der Waals surface area contributed by atoms with Crippen molar-refractivity contribution in [2.24, 2.45) is 12.5 Å². The predicted octanol–water partition coefficient (Wildman–Crippen LogP) is 2.06. The molecule has 1 heterocycles. The van der Waals surface area contributed by atoms with Crippen molar-refractivity contribution in [3.8, 4) is 0 Å². The van der Waals surface area contributed by atoms with Crippen molar-refractivity contribution in [3.63, 3.8) is 0 Å². The fraction of sp³-hybridized carbons (Fsp3) is 0.750. The van der Waals surface area contributed by atoms with Crippen LogP contribution in [0.5, 0.6) is 0 Å². The molecule has 1 rings (SSSR count). The molecule has 0 saturated carbocycles. The highest BCUT2D eigenvalue weighted by Crippen LogP contribution is 2.23. The van der Waals surface area contributed by atoms with Gasteiger partial charge in [-0.05, 0) is 11.8 Å². The third-order valence-electron chi connectivity index (χ3n) is 1.59. The average molecular weight is 188 g/mol. The van der Waals surface area contributed by atoms with E-state index in [1.807, 2.05) is 7.05 Å². The van der Waals surface area contributed by atoms with Crippen molar-refractivity contribution in [1.82, 2.24) is 15.0 Å². The summed E-state index contributed by atoms with van der Waals surface area (Å²) in [6, 6.07) is 0. The Hall–Kier alpha value is -0.570. The molecule has 1 aromatic heterocycles. The summed E-state index contributed by atoms with van der Waals surface area (Å²) in [7, 11) is 1.86. The van der Waals surface area contributed by atoms with Gasteiger partial charge in [-0.1, -0.05) is 37.6 Å².